The fourth-order valence-electron chi connectivity index (χ4n) is 3.78. The predicted molar refractivity (Wildman–Crippen MR) is 94.8 cm³/mol. The minimum absolute atomic E-state index is 0.0596. The van der Waals surface area contributed by atoms with E-state index < -0.39 is 0 Å². The van der Waals surface area contributed by atoms with Crippen LogP contribution in [0.4, 0.5) is 0 Å². The Bertz CT molecular complexity index is 795. The van der Waals surface area contributed by atoms with Crippen LogP contribution in [0.3, 0.4) is 0 Å². The van der Waals surface area contributed by atoms with E-state index in [1.54, 1.807) is 11.2 Å². The molecule has 0 aliphatic carbocycles. The third-order valence-electron chi connectivity index (χ3n) is 5.17. The summed E-state index contributed by atoms with van der Waals surface area (Å²) >= 11 is 0. The molecule has 2 saturated heterocycles. The Morgan fingerprint density at radius 2 is 2.23 bits per heavy atom. The van der Waals surface area contributed by atoms with Crippen LogP contribution in [0.2, 0.25) is 0 Å². The molecule has 4 rings (SSSR count). The van der Waals surface area contributed by atoms with Gasteiger partial charge in [0.1, 0.15) is 5.60 Å². The Kier molecular flexibility index (Phi) is 4.54. The number of hydrogen-bond acceptors (Lipinski definition) is 5. The molecule has 4 heterocycles. The van der Waals surface area contributed by atoms with Gasteiger partial charge in [-0.1, -0.05) is 6.07 Å². The van der Waals surface area contributed by atoms with Crippen molar-refractivity contribution < 1.29 is 18.7 Å². The fraction of sp³-hybridized carbons (Fsp3) is 0.500. The zero-order valence-electron chi connectivity index (χ0n) is 15.2. The van der Waals surface area contributed by atoms with Gasteiger partial charge in [-0.15, -0.1) is 0 Å². The minimum Gasteiger partial charge on any atom is -0.459 e. The molecular formula is C20H24N2O4. The topological polar surface area (TPSA) is 64.8 Å². The van der Waals surface area contributed by atoms with Gasteiger partial charge in [0.05, 0.1) is 32.1 Å². The number of aryl methyl sites for hydroxylation is 2. The van der Waals surface area contributed by atoms with Gasteiger partial charge in [0.25, 0.3) is 5.91 Å². The molecule has 2 aromatic heterocycles. The molecule has 0 radical (unpaired) electrons. The van der Waals surface area contributed by atoms with Gasteiger partial charge in [-0.25, -0.2) is 0 Å². The number of pyridine rings is 1. The molecule has 2 aromatic rings. The summed E-state index contributed by atoms with van der Waals surface area (Å²) in [5, 5.41) is 0. The molecule has 1 spiro atoms. The average Bonchev–Trinajstić information content (AvgIpc) is 3.03. The Labute approximate surface area is 153 Å². The maximum atomic E-state index is 12.5. The number of rotatable bonds is 4. The van der Waals surface area contributed by atoms with Crippen LogP contribution in [-0.2, 0) is 16.1 Å². The molecule has 138 valence electrons. The molecular weight excluding hydrogens is 332 g/mol. The van der Waals surface area contributed by atoms with Crippen LogP contribution in [0.1, 0.15) is 40.1 Å². The molecule has 1 unspecified atom stereocenters. The van der Waals surface area contributed by atoms with Crippen LogP contribution in [-0.4, -0.2) is 47.2 Å². The predicted octanol–water partition coefficient (Wildman–Crippen LogP) is 2.88. The Morgan fingerprint density at radius 3 is 2.96 bits per heavy atom. The molecule has 6 heteroatoms. The van der Waals surface area contributed by atoms with E-state index in [1.807, 2.05) is 32.3 Å². The number of carbonyl (C=O) groups is 1. The van der Waals surface area contributed by atoms with Gasteiger partial charge in [-0.05, 0) is 37.5 Å². The summed E-state index contributed by atoms with van der Waals surface area (Å²) in [6.07, 6.45) is 7.08. The van der Waals surface area contributed by atoms with E-state index in [1.165, 1.54) is 0 Å². The van der Waals surface area contributed by atoms with Crippen molar-refractivity contribution in [2.45, 2.75) is 45.0 Å². The SMILES string of the molecule is Cc1cncc(COC2CCOC3(C2)CN(C(=O)c2occc2C)C3)c1. The number of likely N-dealkylation sites (tertiary alicyclic amines) is 1. The van der Waals surface area contributed by atoms with Gasteiger partial charge in [-0.2, -0.15) is 0 Å². The first-order chi connectivity index (χ1) is 12.5. The molecule has 1 amide bonds. The fourth-order valence-corrected chi connectivity index (χ4v) is 3.78. The Hall–Kier alpha value is -2.18. The van der Waals surface area contributed by atoms with Crippen LogP contribution in [0, 0.1) is 13.8 Å². The first-order valence-corrected chi connectivity index (χ1v) is 9.04. The van der Waals surface area contributed by atoms with E-state index in [4.69, 9.17) is 13.9 Å². The van der Waals surface area contributed by atoms with E-state index in [-0.39, 0.29) is 17.6 Å². The number of aromatic nitrogens is 1. The van der Waals surface area contributed by atoms with Crippen LogP contribution in [0.5, 0.6) is 0 Å². The minimum atomic E-state index is -0.274. The van der Waals surface area contributed by atoms with Crippen molar-refractivity contribution in [3.05, 3.63) is 53.2 Å². The van der Waals surface area contributed by atoms with Crippen molar-refractivity contribution in [3.8, 4) is 0 Å². The van der Waals surface area contributed by atoms with Crippen molar-refractivity contribution in [1.29, 1.82) is 0 Å². The van der Waals surface area contributed by atoms with Gasteiger partial charge in [0.2, 0.25) is 0 Å². The third kappa shape index (κ3) is 3.39. The standard InChI is InChI=1S/C20H24N2O4/c1-14-7-16(10-21-9-14)11-25-17-4-6-26-20(8-17)12-22(13-20)19(23)18-15(2)3-5-24-18/h3,5,7,9-10,17H,4,6,8,11-13H2,1-2H3. The summed E-state index contributed by atoms with van der Waals surface area (Å²) in [4.78, 5) is 18.5. The highest BCUT2D eigenvalue weighted by atomic mass is 16.5. The molecule has 0 N–H and O–H groups in total. The van der Waals surface area contributed by atoms with E-state index in [0.717, 1.165) is 29.5 Å². The summed E-state index contributed by atoms with van der Waals surface area (Å²) in [5.41, 5.74) is 2.82. The monoisotopic (exact) mass is 356 g/mol. The normalized spacial score (nSPS) is 21.6. The van der Waals surface area contributed by atoms with Crippen molar-refractivity contribution in [1.82, 2.24) is 9.88 Å². The first-order valence-electron chi connectivity index (χ1n) is 9.04. The van der Waals surface area contributed by atoms with E-state index in [2.05, 4.69) is 11.1 Å². The molecule has 0 saturated carbocycles. The lowest BCUT2D eigenvalue weighted by Crippen LogP contribution is -2.67. The molecule has 6 nitrogen and oxygen atoms in total. The Morgan fingerprint density at radius 1 is 1.38 bits per heavy atom. The largest absolute Gasteiger partial charge is 0.459 e. The second-order valence-electron chi connectivity index (χ2n) is 7.42. The second kappa shape index (κ2) is 6.85. The van der Waals surface area contributed by atoms with Gasteiger partial charge in [-0.3, -0.25) is 9.78 Å². The van der Waals surface area contributed by atoms with Gasteiger partial charge < -0.3 is 18.8 Å². The number of nitrogens with zero attached hydrogens (tertiary/aromatic N) is 2. The smallest absolute Gasteiger partial charge is 0.290 e. The molecule has 0 bridgehead atoms. The maximum absolute atomic E-state index is 12.5. The number of furan rings is 1. The van der Waals surface area contributed by atoms with Crippen molar-refractivity contribution >= 4 is 5.91 Å². The lowest BCUT2D eigenvalue weighted by atomic mass is 9.84. The quantitative estimate of drug-likeness (QED) is 0.843. The second-order valence-corrected chi connectivity index (χ2v) is 7.42. The van der Waals surface area contributed by atoms with Crippen LogP contribution >= 0.6 is 0 Å². The summed E-state index contributed by atoms with van der Waals surface area (Å²) in [5.74, 6) is 0.367. The highest BCUT2D eigenvalue weighted by Crippen LogP contribution is 2.36. The van der Waals surface area contributed by atoms with Crippen LogP contribution in [0.15, 0.2) is 35.2 Å². The van der Waals surface area contributed by atoms with Crippen molar-refractivity contribution in [3.63, 3.8) is 0 Å². The highest BCUT2D eigenvalue weighted by molar-refractivity contribution is 5.93. The average molecular weight is 356 g/mol. The van der Waals surface area contributed by atoms with Crippen LogP contribution < -0.4 is 0 Å². The molecule has 2 aliphatic heterocycles. The number of hydrogen-bond donors (Lipinski definition) is 0. The van der Waals surface area contributed by atoms with Crippen molar-refractivity contribution in [2.24, 2.45) is 0 Å². The molecule has 2 aliphatic rings. The Balaban J connectivity index is 1.32. The summed E-state index contributed by atoms with van der Waals surface area (Å²) in [6.45, 7) is 6.33. The van der Waals surface area contributed by atoms with E-state index in [9.17, 15) is 4.79 Å². The summed E-state index contributed by atoms with van der Waals surface area (Å²) in [6, 6.07) is 3.90. The van der Waals surface area contributed by atoms with Gasteiger partial charge >= 0.3 is 0 Å². The van der Waals surface area contributed by atoms with Crippen LogP contribution in [0.25, 0.3) is 0 Å². The van der Waals surface area contributed by atoms with E-state index in [0.29, 0.717) is 32.1 Å². The van der Waals surface area contributed by atoms with Crippen molar-refractivity contribution in [2.75, 3.05) is 19.7 Å². The molecule has 26 heavy (non-hydrogen) atoms. The lowest BCUT2D eigenvalue weighted by Gasteiger charge is -2.52. The van der Waals surface area contributed by atoms with Gasteiger partial charge in [0, 0.05) is 31.0 Å². The summed E-state index contributed by atoms with van der Waals surface area (Å²) < 4.78 is 17.4. The zero-order chi connectivity index (χ0) is 18.1. The summed E-state index contributed by atoms with van der Waals surface area (Å²) in [7, 11) is 0. The maximum Gasteiger partial charge on any atom is 0.290 e. The number of ether oxygens (including phenoxy) is 2. The number of carbonyl (C=O) groups excluding carboxylic acids is 1. The molecule has 0 aromatic carbocycles. The number of amides is 1. The molecule has 2 fully saturated rings. The molecule has 1 atom stereocenters. The van der Waals surface area contributed by atoms with Gasteiger partial charge in [0.15, 0.2) is 5.76 Å². The highest BCUT2D eigenvalue weighted by Gasteiger charge is 2.50. The first kappa shape index (κ1) is 17.2. The zero-order valence-corrected chi connectivity index (χ0v) is 15.2. The third-order valence-corrected chi connectivity index (χ3v) is 5.17. The lowest BCUT2D eigenvalue weighted by molar-refractivity contribution is -0.188. The van der Waals surface area contributed by atoms with E-state index >= 15 is 0 Å².